The number of benzene rings is 1. The summed E-state index contributed by atoms with van der Waals surface area (Å²) in [5, 5.41) is 6.68. The molecular formula is C20H18Cl2N4O2. The van der Waals surface area contributed by atoms with Gasteiger partial charge in [-0.3, -0.25) is 9.59 Å². The minimum Gasteiger partial charge on any atom is -0.345 e. The molecule has 8 heteroatoms. The van der Waals surface area contributed by atoms with Crippen molar-refractivity contribution in [3.05, 3.63) is 70.1 Å². The average molecular weight is 417 g/mol. The lowest BCUT2D eigenvalue weighted by molar-refractivity contribution is -0.140. The lowest BCUT2D eigenvalue weighted by Crippen LogP contribution is -2.48. The number of hydrogen-bond acceptors (Lipinski definition) is 3. The number of nitrogens with zero attached hydrogens (tertiary/aromatic N) is 2. The minimum absolute atomic E-state index is 0.0104. The van der Waals surface area contributed by atoms with Crippen LogP contribution in [0, 0.1) is 0 Å². The van der Waals surface area contributed by atoms with E-state index in [-0.39, 0.29) is 12.6 Å². The Morgan fingerprint density at radius 1 is 1.00 bits per heavy atom. The molecule has 2 aromatic heterocycles. The molecule has 1 aliphatic rings. The zero-order chi connectivity index (χ0) is 19.7. The minimum atomic E-state index is -0.662. The third kappa shape index (κ3) is 4.13. The zero-order valence-electron chi connectivity index (χ0n) is 14.9. The number of imidazole rings is 1. The van der Waals surface area contributed by atoms with Gasteiger partial charge in [0.05, 0.1) is 17.3 Å². The number of nitrogens with one attached hydrogen (secondary N) is 2. The quantitative estimate of drug-likeness (QED) is 0.640. The molecule has 4 rings (SSSR count). The van der Waals surface area contributed by atoms with E-state index in [4.69, 9.17) is 23.2 Å². The van der Waals surface area contributed by atoms with Crippen LogP contribution in [0.3, 0.4) is 0 Å². The third-order valence-corrected chi connectivity index (χ3v) is 5.39. The number of rotatable bonds is 4. The van der Waals surface area contributed by atoms with Crippen LogP contribution in [0.15, 0.2) is 48.8 Å². The predicted octanol–water partition coefficient (Wildman–Crippen LogP) is 3.32. The van der Waals surface area contributed by atoms with Gasteiger partial charge in [-0.25, -0.2) is 4.98 Å². The Kier molecular flexibility index (Phi) is 5.24. The van der Waals surface area contributed by atoms with Gasteiger partial charge in [0.2, 0.25) is 0 Å². The summed E-state index contributed by atoms with van der Waals surface area (Å²) in [5.74, 6) is -0.896. The van der Waals surface area contributed by atoms with E-state index in [0.29, 0.717) is 21.7 Å². The number of aromatic nitrogens is 2. The summed E-state index contributed by atoms with van der Waals surface area (Å²) in [5.41, 5.74) is 2.57. The van der Waals surface area contributed by atoms with Crippen LogP contribution in [0.4, 0.5) is 0 Å². The molecule has 1 aliphatic carbocycles. The van der Waals surface area contributed by atoms with Crippen LogP contribution in [0.1, 0.15) is 30.0 Å². The number of carbonyl (C=O) groups is 2. The molecule has 3 aromatic rings. The van der Waals surface area contributed by atoms with Gasteiger partial charge in [0.1, 0.15) is 5.65 Å². The number of fused-ring (bicyclic) bond motifs is 1. The van der Waals surface area contributed by atoms with Crippen LogP contribution in [0.5, 0.6) is 0 Å². The van der Waals surface area contributed by atoms with Gasteiger partial charge in [-0.1, -0.05) is 35.3 Å². The molecule has 2 N–H and O–H groups in total. The Bertz CT molecular complexity index is 1030. The highest BCUT2D eigenvalue weighted by atomic mass is 35.5. The summed E-state index contributed by atoms with van der Waals surface area (Å²) < 4.78 is 1.77. The Balaban J connectivity index is 1.25. The molecular weight excluding hydrogens is 399 g/mol. The Hall–Kier alpha value is -2.57. The maximum Gasteiger partial charge on any atom is 0.309 e. The van der Waals surface area contributed by atoms with Gasteiger partial charge in [0.15, 0.2) is 0 Å². The first-order chi connectivity index (χ1) is 13.5. The molecule has 1 saturated carbocycles. The van der Waals surface area contributed by atoms with E-state index >= 15 is 0 Å². The summed E-state index contributed by atoms with van der Waals surface area (Å²) in [6.07, 6.45) is 5.12. The van der Waals surface area contributed by atoms with Crippen LogP contribution in [0.25, 0.3) is 5.65 Å². The molecule has 0 aliphatic heterocycles. The van der Waals surface area contributed by atoms with Crippen molar-refractivity contribution in [2.24, 2.45) is 0 Å². The summed E-state index contributed by atoms with van der Waals surface area (Å²) >= 11 is 11.8. The topological polar surface area (TPSA) is 75.5 Å². The zero-order valence-corrected chi connectivity index (χ0v) is 16.4. The molecule has 6 nitrogen and oxygen atoms in total. The molecule has 0 spiro atoms. The van der Waals surface area contributed by atoms with E-state index in [1.165, 1.54) is 5.56 Å². The van der Waals surface area contributed by atoms with Crippen LogP contribution in [0.2, 0.25) is 10.0 Å². The van der Waals surface area contributed by atoms with Crippen molar-refractivity contribution < 1.29 is 9.59 Å². The lowest BCUT2D eigenvalue weighted by atomic mass is 9.76. The smallest absolute Gasteiger partial charge is 0.309 e. The molecule has 0 bridgehead atoms. The fourth-order valence-corrected chi connectivity index (χ4v) is 3.64. The molecule has 0 unspecified atom stereocenters. The summed E-state index contributed by atoms with van der Waals surface area (Å²) in [7, 11) is 0. The number of halogens is 2. The van der Waals surface area contributed by atoms with Gasteiger partial charge in [0.25, 0.3) is 0 Å². The molecule has 1 aromatic carbocycles. The molecule has 2 heterocycles. The van der Waals surface area contributed by atoms with Gasteiger partial charge in [0, 0.05) is 23.5 Å². The van der Waals surface area contributed by atoms with E-state index < -0.39 is 11.8 Å². The summed E-state index contributed by atoms with van der Waals surface area (Å²) in [6.45, 7) is 0.170. The first-order valence-corrected chi connectivity index (χ1v) is 9.71. The van der Waals surface area contributed by atoms with E-state index in [1.54, 1.807) is 28.9 Å². The van der Waals surface area contributed by atoms with E-state index in [9.17, 15) is 9.59 Å². The van der Waals surface area contributed by atoms with Crippen molar-refractivity contribution in [3.8, 4) is 0 Å². The number of amides is 2. The Labute approximate surface area is 171 Å². The maximum atomic E-state index is 12.1. The van der Waals surface area contributed by atoms with Crippen molar-refractivity contribution in [1.82, 2.24) is 20.0 Å². The summed E-state index contributed by atoms with van der Waals surface area (Å²) in [6, 6.07) is 11.3. The van der Waals surface area contributed by atoms with Crippen LogP contribution in [-0.4, -0.2) is 27.2 Å². The van der Waals surface area contributed by atoms with Gasteiger partial charge >= 0.3 is 11.8 Å². The van der Waals surface area contributed by atoms with Gasteiger partial charge in [-0.05, 0) is 48.6 Å². The normalized spacial score (nSPS) is 18.5. The van der Waals surface area contributed by atoms with E-state index in [2.05, 4.69) is 15.6 Å². The fraction of sp³-hybridized carbons (Fsp3) is 0.250. The van der Waals surface area contributed by atoms with Crippen molar-refractivity contribution in [3.63, 3.8) is 0 Å². The highest BCUT2D eigenvalue weighted by Gasteiger charge is 2.32. The monoisotopic (exact) mass is 416 g/mol. The second kappa shape index (κ2) is 7.81. The second-order valence-electron chi connectivity index (χ2n) is 6.92. The molecule has 0 saturated heterocycles. The summed E-state index contributed by atoms with van der Waals surface area (Å²) in [4.78, 5) is 28.5. The van der Waals surface area contributed by atoms with E-state index in [1.807, 2.05) is 24.3 Å². The predicted molar refractivity (Wildman–Crippen MR) is 107 cm³/mol. The van der Waals surface area contributed by atoms with Gasteiger partial charge in [-0.15, -0.1) is 0 Å². The lowest BCUT2D eigenvalue weighted by Gasteiger charge is -2.36. The molecule has 0 atom stereocenters. The van der Waals surface area contributed by atoms with E-state index in [0.717, 1.165) is 18.5 Å². The van der Waals surface area contributed by atoms with Crippen LogP contribution in [-0.2, 0) is 16.1 Å². The fourth-order valence-electron chi connectivity index (χ4n) is 3.35. The number of hydrogen-bond donors (Lipinski definition) is 2. The molecule has 0 radical (unpaired) electrons. The van der Waals surface area contributed by atoms with Crippen LogP contribution < -0.4 is 10.6 Å². The molecule has 1 fully saturated rings. The van der Waals surface area contributed by atoms with Crippen molar-refractivity contribution >= 4 is 40.7 Å². The van der Waals surface area contributed by atoms with Crippen molar-refractivity contribution in [2.75, 3.05) is 0 Å². The highest BCUT2D eigenvalue weighted by Crippen LogP contribution is 2.37. The molecule has 28 heavy (non-hydrogen) atoms. The van der Waals surface area contributed by atoms with Crippen molar-refractivity contribution in [1.29, 1.82) is 0 Å². The number of carbonyl (C=O) groups excluding carboxylic acids is 2. The van der Waals surface area contributed by atoms with Gasteiger partial charge in [-0.2, -0.15) is 0 Å². The van der Waals surface area contributed by atoms with Crippen molar-refractivity contribution in [2.45, 2.75) is 31.3 Å². The van der Waals surface area contributed by atoms with Gasteiger partial charge < -0.3 is 15.0 Å². The Morgan fingerprint density at radius 2 is 1.71 bits per heavy atom. The number of pyridine rings is 1. The SMILES string of the molecule is O=C(NCc1cn2cc(Cl)ccc2n1)C(=O)NC1CC(c2ccc(Cl)cc2)C1. The molecule has 144 valence electrons. The largest absolute Gasteiger partial charge is 0.345 e. The second-order valence-corrected chi connectivity index (χ2v) is 7.79. The molecule has 2 amide bonds. The first kappa shape index (κ1) is 18.8. The Morgan fingerprint density at radius 3 is 2.46 bits per heavy atom. The third-order valence-electron chi connectivity index (χ3n) is 4.92. The first-order valence-electron chi connectivity index (χ1n) is 8.95. The highest BCUT2D eigenvalue weighted by molar-refractivity contribution is 6.35. The standard InChI is InChI=1S/C20H18Cl2N4O2/c21-14-3-1-12(2-4-14)13-7-16(8-13)25-20(28)19(27)23-9-17-11-26-10-15(22)5-6-18(26)24-17/h1-6,10-11,13,16H,7-9H2,(H,23,27)(H,25,28). The maximum absolute atomic E-state index is 12.1. The van der Waals surface area contributed by atoms with Crippen LogP contribution >= 0.6 is 23.2 Å². The average Bonchev–Trinajstić information content (AvgIpc) is 3.05.